The molecular formula is C11H10F2N2OS. The standard InChI is InChI=1S/C11H10F2N2OS/c12-8-1-2-10(9(13)7-8)15-4-3-14-11(15)17-6-5-16/h1-4,7,16H,5-6H2. The highest BCUT2D eigenvalue weighted by atomic mass is 32.2. The molecule has 0 radical (unpaired) electrons. The van der Waals surface area contributed by atoms with Crippen LogP contribution < -0.4 is 0 Å². The third-order valence-electron chi connectivity index (χ3n) is 2.10. The van der Waals surface area contributed by atoms with Gasteiger partial charge in [0.15, 0.2) is 5.16 Å². The first-order valence-electron chi connectivity index (χ1n) is 4.95. The fraction of sp³-hybridized carbons (Fsp3) is 0.182. The van der Waals surface area contributed by atoms with Crippen LogP contribution in [0.2, 0.25) is 0 Å². The Morgan fingerprint density at radius 3 is 2.88 bits per heavy atom. The molecule has 3 nitrogen and oxygen atoms in total. The number of benzene rings is 1. The van der Waals surface area contributed by atoms with Crippen molar-refractivity contribution in [2.45, 2.75) is 5.16 Å². The van der Waals surface area contributed by atoms with Crippen molar-refractivity contribution in [3.63, 3.8) is 0 Å². The van der Waals surface area contributed by atoms with Crippen LogP contribution >= 0.6 is 11.8 Å². The number of thioether (sulfide) groups is 1. The molecule has 0 bridgehead atoms. The first-order chi connectivity index (χ1) is 8.22. The number of aliphatic hydroxyl groups excluding tert-OH is 1. The molecule has 0 saturated carbocycles. The molecule has 1 aromatic carbocycles. The van der Waals surface area contributed by atoms with E-state index in [0.717, 1.165) is 6.07 Å². The second-order valence-corrected chi connectivity index (χ2v) is 4.31. The molecule has 2 aromatic rings. The number of aromatic nitrogens is 2. The highest BCUT2D eigenvalue weighted by Gasteiger charge is 2.10. The summed E-state index contributed by atoms with van der Waals surface area (Å²) in [7, 11) is 0. The molecule has 6 heteroatoms. The highest BCUT2D eigenvalue weighted by molar-refractivity contribution is 7.99. The van der Waals surface area contributed by atoms with Gasteiger partial charge < -0.3 is 5.11 Å². The Morgan fingerprint density at radius 2 is 2.18 bits per heavy atom. The number of rotatable bonds is 4. The van der Waals surface area contributed by atoms with Gasteiger partial charge in [-0.05, 0) is 12.1 Å². The van der Waals surface area contributed by atoms with Crippen molar-refractivity contribution in [3.8, 4) is 5.69 Å². The zero-order valence-corrected chi connectivity index (χ0v) is 9.62. The van der Waals surface area contributed by atoms with Crippen LogP contribution in [0, 0.1) is 11.6 Å². The SMILES string of the molecule is OCCSc1nccn1-c1ccc(F)cc1F. The van der Waals surface area contributed by atoms with Crippen LogP contribution in [0.25, 0.3) is 5.69 Å². The smallest absolute Gasteiger partial charge is 0.172 e. The lowest BCUT2D eigenvalue weighted by Crippen LogP contribution is -2.00. The maximum atomic E-state index is 13.6. The second kappa shape index (κ2) is 5.29. The molecule has 0 atom stereocenters. The summed E-state index contributed by atoms with van der Waals surface area (Å²) in [5, 5.41) is 9.30. The predicted molar refractivity (Wildman–Crippen MR) is 61.3 cm³/mol. The van der Waals surface area contributed by atoms with Crippen LogP contribution in [0.3, 0.4) is 0 Å². The molecule has 0 amide bonds. The Balaban J connectivity index is 2.35. The molecule has 17 heavy (non-hydrogen) atoms. The lowest BCUT2D eigenvalue weighted by atomic mass is 10.3. The third-order valence-corrected chi connectivity index (χ3v) is 3.05. The largest absolute Gasteiger partial charge is 0.396 e. The topological polar surface area (TPSA) is 38.1 Å². The number of nitrogens with zero attached hydrogens (tertiary/aromatic N) is 2. The minimum atomic E-state index is -0.645. The normalized spacial score (nSPS) is 10.8. The summed E-state index contributed by atoms with van der Waals surface area (Å²) in [6.07, 6.45) is 3.12. The van der Waals surface area contributed by atoms with Gasteiger partial charge in [0.25, 0.3) is 0 Å². The van der Waals surface area contributed by atoms with Gasteiger partial charge in [-0.25, -0.2) is 13.8 Å². The molecule has 0 aliphatic carbocycles. The quantitative estimate of drug-likeness (QED) is 0.852. The van der Waals surface area contributed by atoms with E-state index in [1.807, 2.05) is 0 Å². The maximum absolute atomic E-state index is 13.6. The average molecular weight is 256 g/mol. The molecule has 0 fully saturated rings. The van der Waals surface area contributed by atoms with Crippen molar-refractivity contribution in [2.75, 3.05) is 12.4 Å². The zero-order chi connectivity index (χ0) is 12.3. The number of halogens is 2. The molecule has 0 spiro atoms. The van der Waals surface area contributed by atoms with Gasteiger partial charge in [-0.1, -0.05) is 11.8 Å². The van der Waals surface area contributed by atoms with Crippen molar-refractivity contribution in [3.05, 3.63) is 42.2 Å². The van der Waals surface area contributed by atoms with E-state index in [4.69, 9.17) is 5.11 Å². The molecule has 1 N–H and O–H groups in total. The van der Waals surface area contributed by atoms with Crippen LogP contribution in [-0.4, -0.2) is 27.0 Å². The van der Waals surface area contributed by atoms with Crippen LogP contribution in [-0.2, 0) is 0 Å². The zero-order valence-electron chi connectivity index (χ0n) is 8.81. The van der Waals surface area contributed by atoms with E-state index >= 15 is 0 Å². The molecule has 0 unspecified atom stereocenters. The fourth-order valence-electron chi connectivity index (χ4n) is 1.39. The lowest BCUT2D eigenvalue weighted by molar-refractivity contribution is 0.322. The van der Waals surface area contributed by atoms with Crippen molar-refractivity contribution >= 4 is 11.8 Å². The summed E-state index contributed by atoms with van der Waals surface area (Å²) >= 11 is 1.30. The van der Waals surface area contributed by atoms with E-state index in [0.29, 0.717) is 10.9 Å². The van der Waals surface area contributed by atoms with Gasteiger partial charge in [-0.2, -0.15) is 0 Å². The van der Waals surface area contributed by atoms with Gasteiger partial charge in [0.2, 0.25) is 0 Å². The summed E-state index contributed by atoms with van der Waals surface area (Å²) in [4.78, 5) is 4.05. The molecular weight excluding hydrogens is 246 g/mol. The average Bonchev–Trinajstić information content (AvgIpc) is 2.74. The maximum Gasteiger partial charge on any atom is 0.172 e. The van der Waals surface area contributed by atoms with E-state index in [2.05, 4.69) is 4.98 Å². The van der Waals surface area contributed by atoms with Gasteiger partial charge in [0, 0.05) is 24.2 Å². The summed E-state index contributed by atoms with van der Waals surface area (Å²) in [5.74, 6) is -0.787. The van der Waals surface area contributed by atoms with E-state index < -0.39 is 11.6 Å². The van der Waals surface area contributed by atoms with E-state index in [1.54, 1.807) is 6.20 Å². The molecule has 2 rings (SSSR count). The first-order valence-corrected chi connectivity index (χ1v) is 5.93. The minimum Gasteiger partial charge on any atom is -0.396 e. The Labute approximate surface area is 101 Å². The van der Waals surface area contributed by atoms with Crippen LogP contribution in [0.15, 0.2) is 35.7 Å². The third kappa shape index (κ3) is 2.65. The molecule has 0 aliphatic rings. The van der Waals surface area contributed by atoms with Gasteiger partial charge in [0.05, 0.1) is 12.3 Å². The predicted octanol–water partition coefficient (Wildman–Crippen LogP) is 2.23. The van der Waals surface area contributed by atoms with Crippen LogP contribution in [0.1, 0.15) is 0 Å². The molecule has 90 valence electrons. The summed E-state index contributed by atoms with van der Waals surface area (Å²) < 4.78 is 27.9. The molecule has 1 aromatic heterocycles. The Kier molecular flexibility index (Phi) is 3.75. The number of aliphatic hydroxyl groups is 1. The summed E-state index contributed by atoms with van der Waals surface area (Å²) in [6, 6.07) is 3.38. The van der Waals surface area contributed by atoms with Crippen molar-refractivity contribution in [1.29, 1.82) is 0 Å². The molecule has 0 aliphatic heterocycles. The summed E-state index contributed by atoms with van der Waals surface area (Å²) in [5.41, 5.74) is 0.240. The highest BCUT2D eigenvalue weighted by Crippen LogP contribution is 2.22. The van der Waals surface area contributed by atoms with Gasteiger partial charge in [-0.15, -0.1) is 0 Å². The van der Waals surface area contributed by atoms with Crippen molar-refractivity contribution in [2.24, 2.45) is 0 Å². The first kappa shape index (κ1) is 12.1. The monoisotopic (exact) mass is 256 g/mol. The van der Waals surface area contributed by atoms with Crippen LogP contribution in [0.5, 0.6) is 0 Å². The second-order valence-electron chi connectivity index (χ2n) is 3.25. The van der Waals surface area contributed by atoms with Crippen molar-refractivity contribution in [1.82, 2.24) is 9.55 Å². The Bertz CT molecular complexity index is 516. The van der Waals surface area contributed by atoms with Gasteiger partial charge in [0.1, 0.15) is 11.6 Å². The van der Waals surface area contributed by atoms with Crippen LogP contribution in [0.4, 0.5) is 8.78 Å². The number of hydrogen-bond acceptors (Lipinski definition) is 3. The minimum absolute atomic E-state index is 0.0173. The number of imidazole rings is 1. The van der Waals surface area contributed by atoms with E-state index in [9.17, 15) is 8.78 Å². The Morgan fingerprint density at radius 1 is 1.35 bits per heavy atom. The number of hydrogen-bond donors (Lipinski definition) is 1. The van der Waals surface area contributed by atoms with E-state index in [1.165, 1.54) is 34.7 Å². The van der Waals surface area contributed by atoms with E-state index in [-0.39, 0.29) is 12.3 Å². The van der Waals surface area contributed by atoms with Gasteiger partial charge >= 0.3 is 0 Å². The fourth-order valence-corrected chi connectivity index (χ4v) is 2.10. The molecule has 0 saturated heterocycles. The van der Waals surface area contributed by atoms with Crippen molar-refractivity contribution < 1.29 is 13.9 Å². The Hall–Kier alpha value is -1.40. The summed E-state index contributed by atoms with van der Waals surface area (Å²) in [6.45, 7) is 0.0173. The lowest BCUT2D eigenvalue weighted by Gasteiger charge is -2.07. The molecule has 1 heterocycles. The van der Waals surface area contributed by atoms with Gasteiger partial charge in [-0.3, -0.25) is 4.57 Å².